The van der Waals surface area contributed by atoms with Crippen LogP contribution in [0.4, 0.5) is 0 Å². The van der Waals surface area contributed by atoms with Crippen molar-refractivity contribution >= 4 is 17.4 Å². The second kappa shape index (κ2) is 11.0. The Balaban J connectivity index is 1.81. The second-order valence-corrected chi connectivity index (χ2v) is 8.74. The van der Waals surface area contributed by atoms with E-state index >= 15 is 0 Å². The maximum atomic E-state index is 13.4. The van der Waals surface area contributed by atoms with E-state index in [0.717, 1.165) is 18.7 Å². The summed E-state index contributed by atoms with van der Waals surface area (Å²) in [4.78, 5) is 30.4. The fourth-order valence-electron chi connectivity index (χ4n) is 4.73. The number of rotatable bonds is 8. The topological polar surface area (TPSA) is 97.8 Å². The van der Waals surface area contributed by atoms with Crippen molar-refractivity contribution in [3.63, 3.8) is 0 Å². The number of Topliss-reactive ketones (excluding diaryl/α,β-unsaturated/α-hetero) is 1. The molecule has 1 amide bonds. The first kappa shape index (κ1) is 25.5. The molecule has 2 aliphatic rings. The normalized spacial score (nSPS) is 20.0. The summed E-state index contributed by atoms with van der Waals surface area (Å²) in [6, 6.07) is 9.52. The van der Waals surface area contributed by atoms with Crippen molar-refractivity contribution in [1.82, 2.24) is 9.80 Å². The van der Waals surface area contributed by atoms with Gasteiger partial charge in [0.15, 0.2) is 0 Å². The predicted octanol–water partition coefficient (Wildman–Crippen LogP) is 2.77. The Bertz CT molecular complexity index is 1170. The van der Waals surface area contributed by atoms with E-state index in [1.165, 1.54) is 12.0 Å². The van der Waals surface area contributed by atoms with Crippen LogP contribution in [0.1, 0.15) is 22.7 Å². The summed E-state index contributed by atoms with van der Waals surface area (Å²) < 4.78 is 21.7. The van der Waals surface area contributed by atoms with E-state index in [2.05, 4.69) is 4.90 Å². The van der Waals surface area contributed by atoms with Gasteiger partial charge in [0, 0.05) is 43.4 Å². The highest BCUT2D eigenvalue weighted by Gasteiger charge is 2.47. The van der Waals surface area contributed by atoms with Crippen LogP contribution >= 0.6 is 0 Å². The van der Waals surface area contributed by atoms with E-state index in [-0.39, 0.29) is 11.3 Å². The van der Waals surface area contributed by atoms with Crippen LogP contribution in [0.2, 0.25) is 0 Å². The lowest BCUT2D eigenvalue weighted by Crippen LogP contribution is -2.42. The molecule has 9 nitrogen and oxygen atoms in total. The highest BCUT2D eigenvalue weighted by atomic mass is 16.5. The summed E-state index contributed by atoms with van der Waals surface area (Å²) in [5, 5.41) is 11.4. The number of hydrogen-bond acceptors (Lipinski definition) is 8. The lowest BCUT2D eigenvalue weighted by atomic mass is 9.94. The number of aliphatic hydroxyl groups is 1. The Kier molecular flexibility index (Phi) is 7.81. The molecule has 0 spiro atoms. The molecule has 1 N–H and O–H groups in total. The highest BCUT2D eigenvalue weighted by Crippen LogP contribution is 2.43. The maximum absolute atomic E-state index is 13.4. The smallest absolute Gasteiger partial charge is 0.295 e. The average Bonchev–Trinajstić information content (AvgIpc) is 3.16. The van der Waals surface area contributed by atoms with Crippen LogP contribution < -0.4 is 14.2 Å². The third-order valence-electron chi connectivity index (χ3n) is 6.70. The first-order valence-electron chi connectivity index (χ1n) is 11.8. The van der Waals surface area contributed by atoms with E-state index in [4.69, 9.17) is 18.9 Å². The Morgan fingerprint density at radius 3 is 2.33 bits per heavy atom. The Morgan fingerprint density at radius 2 is 1.69 bits per heavy atom. The number of nitrogens with zero attached hydrogens (tertiary/aromatic N) is 2. The monoisotopic (exact) mass is 496 g/mol. The van der Waals surface area contributed by atoms with Crippen LogP contribution in [0.5, 0.6) is 17.2 Å². The third-order valence-corrected chi connectivity index (χ3v) is 6.70. The fourth-order valence-corrected chi connectivity index (χ4v) is 4.73. The minimum absolute atomic E-state index is 0.0232. The largest absolute Gasteiger partial charge is 0.507 e. The van der Waals surface area contributed by atoms with Crippen LogP contribution in [0.3, 0.4) is 0 Å². The molecular formula is C27H32N2O7. The Labute approximate surface area is 210 Å². The number of aryl methyl sites for hydroxylation is 1. The first-order valence-corrected chi connectivity index (χ1v) is 11.8. The molecule has 0 aliphatic carbocycles. The predicted molar refractivity (Wildman–Crippen MR) is 134 cm³/mol. The van der Waals surface area contributed by atoms with Gasteiger partial charge >= 0.3 is 0 Å². The number of hydrogen-bond donors (Lipinski definition) is 1. The summed E-state index contributed by atoms with van der Waals surface area (Å²) in [6.07, 6.45) is 0. The SMILES string of the molecule is COc1ccc([C@H]2C(=C(O)c3ccc(OC)c(C)c3)C(=O)C(=O)N2CCN2CCOCC2)c(OC)c1. The maximum Gasteiger partial charge on any atom is 0.295 e. The zero-order valence-corrected chi connectivity index (χ0v) is 21.1. The Morgan fingerprint density at radius 1 is 0.972 bits per heavy atom. The van der Waals surface area contributed by atoms with Gasteiger partial charge in [-0.25, -0.2) is 0 Å². The van der Waals surface area contributed by atoms with Gasteiger partial charge in [0.1, 0.15) is 23.0 Å². The summed E-state index contributed by atoms with van der Waals surface area (Å²) in [7, 11) is 4.64. The minimum Gasteiger partial charge on any atom is -0.507 e. The van der Waals surface area contributed by atoms with Crippen molar-refractivity contribution in [3.8, 4) is 17.2 Å². The number of amides is 1. The molecule has 2 aromatic rings. The third kappa shape index (κ3) is 4.89. The van der Waals surface area contributed by atoms with E-state index in [9.17, 15) is 14.7 Å². The van der Waals surface area contributed by atoms with Crippen molar-refractivity contribution in [2.75, 3.05) is 60.7 Å². The molecule has 9 heteroatoms. The number of carbonyl (C=O) groups excluding carboxylic acids is 2. The summed E-state index contributed by atoms with van der Waals surface area (Å²) in [6.45, 7) is 5.50. The molecule has 4 rings (SSSR count). The van der Waals surface area contributed by atoms with E-state index in [1.807, 2.05) is 6.92 Å². The van der Waals surface area contributed by atoms with Gasteiger partial charge in [0.25, 0.3) is 11.7 Å². The number of aliphatic hydroxyl groups excluding tert-OH is 1. The number of ether oxygens (including phenoxy) is 4. The zero-order valence-electron chi connectivity index (χ0n) is 21.1. The molecule has 0 radical (unpaired) electrons. The van der Waals surface area contributed by atoms with Gasteiger partial charge in [-0.15, -0.1) is 0 Å². The van der Waals surface area contributed by atoms with Gasteiger partial charge in [-0.2, -0.15) is 0 Å². The van der Waals surface area contributed by atoms with Crippen LogP contribution in [-0.2, 0) is 14.3 Å². The van der Waals surface area contributed by atoms with Gasteiger partial charge < -0.3 is 29.0 Å². The molecule has 0 unspecified atom stereocenters. The molecule has 2 aromatic carbocycles. The standard InChI is InChI=1S/C27H32N2O7/c1-17-15-18(5-8-21(17)34-3)25(30)23-24(20-7-6-19(33-2)16-22(20)35-4)29(27(32)26(23)31)10-9-28-11-13-36-14-12-28/h5-8,15-16,24,30H,9-14H2,1-4H3/t24-/m0/s1. The fraction of sp³-hybridized carbons (Fsp3) is 0.407. The van der Waals surface area contributed by atoms with Crippen molar-refractivity contribution < 1.29 is 33.6 Å². The minimum atomic E-state index is -0.825. The molecule has 2 heterocycles. The number of carbonyl (C=O) groups is 2. The number of morpholine rings is 1. The summed E-state index contributed by atoms with van der Waals surface area (Å²) >= 11 is 0. The van der Waals surface area contributed by atoms with Crippen molar-refractivity contribution in [2.24, 2.45) is 0 Å². The first-order chi connectivity index (χ1) is 17.4. The van der Waals surface area contributed by atoms with Crippen molar-refractivity contribution in [1.29, 1.82) is 0 Å². The van der Waals surface area contributed by atoms with Crippen LogP contribution in [0.25, 0.3) is 5.76 Å². The van der Waals surface area contributed by atoms with E-state index < -0.39 is 17.7 Å². The van der Waals surface area contributed by atoms with Crippen molar-refractivity contribution in [2.45, 2.75) is 13.0 Å². The van der Waals surface area contributed by atoms with Gasteiger partial charge in [0.05, 0.1) is 46.2 Å². The molecule has 0 aromatic heterocycles. The number of ketones is 1. The number of benzene rings is 2. The molecule has 36 heavy (non-hydrogen) atoms. The molecule has 2 saturated heterocycles. The van der Waals surface area contributed by atoms with E-state index in [1.54, 1.807) is 50.6 Å². The van der Waals surface area contributed by atoms with Crippen molar-refractivity contribution in [3.05, 3.63) is 58.7 Å². The average molecular weight is 497 g/mol. The molecular weight excluding hydrogens is 464 g/mol. The van der Waals surface area contributed by atoms with Crippen LogP contribution in [-0.4, -0.2) is 87.3 Å². The number of likely N-dealkylation sites (tertiary alicyclic amines) is 1. The molecule has 2 aliphatic heterocycles. The van der Waals surface area contributed by atoms with Gasteiger partial charge in [-0.3, -0.25) is 14.5 Å². The molecule has 192 valence electrons. The molecule has 0 saturated carbocycles. The van der Waals surface area contributed by atoms with Gasteiger partial charge in [-0.1, -0.05) is 0 Å². The van der Waals surface area contributed by atoms with E-state index in [0.29, 0.717) is 54.7 Å². The summed E-state index contributed by atoms with van der Waals surface area (Å²) in [5.74, 6) is 0.0616. The second-order valence-electron chi connectivity index (χ2n) is 8.74. The summed E-state index contributed by atoms with van der Waals surface area (Å²) in [5.41, 5.74) is 1.83. The molecule has 2 fully saturated rings. The lowest BCUT2D eigenvalue weighted by Gasteiger charge is -2.31. The van der Waals surface area contributed by atoms with Crippen LogP contribution in [0, 0.1) is 6.92 Å². The lowest BCUT2D eigenvalue weighted by molar-refractivity contribution is -0.140. The number of methoxy groups -OCH3 is 3. The highest BCUT2D eigenvalue weighted by molar-refractivity contribution is 6.46. The Hall–Kier alpha value is -3.56. The van der Waals surface area contributed by atoms with Gasteiger partial charge in [-0.05, 0) is 42.8 Å². The molecule has 0 bridgehead atoms. The van der Waals surface area contributed by atoms with Crippen LogP contribution in [0.15, 0.2) is 42.0 Å². The molecule has 1 atom stereocenters. The quantitative estimate of drug-likeness (QED) is 0.339. The van der Waals surface area contributed by atoms with Gasteiger partial charge in [0.2, 0.25) is 0 Å². The zero-order chi connectivity index (χ0) is 25.8.